The molecule has 0 fully saturated rings. The highest BCUT2D eigenvalue weighted by Gasteiger charge is 2.36. The number of anilines is 1. The number of rotatable bonds is 5. The lowest BCUT2D eigenvalue weighted by Gasteiger charge is -2.30. The minimum atomic E-state index is -0.792. The molecule has 0 amide bonds. The molecule has 0 spiro atoms. The van der Waals surface area contributed by atoms with Crippen LogP contribution in [0.2, 0.25) is 0 Å². The Kier molecular flexibility index (Phi) is 4.58. The average Bonchev–Trinajstić information content (AvgIpc) is 2.32. The summed E-state index contributed by atoms with van der Waals surface area (Å²) in [6.45, 7) is 7.29. The summed E-state index contributed by atoms with van der Waals surface area (Å²) in [5, 5.41) is 2.84. The van der Waals surface area contributed by atoms with E-state index in [1.165, 1.54) is 12.4 Å². The summed E-state index contributed by atoms with van der Waals surface area (Å²) in [6, 6.07) is -0.345. The van der Waals surface area contributed by atoms with Crippen molar-refractivity contribution in [2.45, 2.75) is 33.7 Å². The van der Waals surface area contributed by atoms with E-state index in [2.05, 4.69) is 15.3 Å². The summed E-state index contributed by atoms with van der Waals surface area (Å²) < 4.78 is 18.3. The lowest BCUT2D eigenvalue weighted by molar-refractivity contribution is -0.154. The quantitative estimate of drug-likeness (QED) is 0.815. The van der Waals surface area contributed by atoms with E-state index in [1.54, 1.807) is 27.7 Å². The molecule has 18 heavy (non-hydrogen) atoms. The molecule has 1 rings (SSSR count). The van der Waals surface area contributed by atoms with Crippen LogP contribution < -0.4 is 5.32 Å². The molecule has 1 unspecified atom stereocenters. The van der Waals surface area contributed by atoms with E-state index >= 15 is 0 Å². The third kappa shape index (κ3) is 3.15. The fraction of sp³-hybridized carbons (Fsp3) is 0.583. The van der Waals surface area contributed by atoms with Crippen molar-refractivity contribution in [3.05, 3.63) is 18.3 Å². The maximum absolute atomic E-state index is 13.3. The van der Waals surface area contributed by atoms with E-state index in [9.17, 15) is 9.18 Å². The smallest absolute Gasteiger partial charge is 0.313 e. The first-order chi connectivity index (χ1) is 8.39. The number of hydrogen-bond acceptors (Lipinski definition) is 5. The zero-order valence-electron chi connectivity index (χ0n) is 11.0. The van der Waals surface area contributed by atoms with Gasteiger partial charge in [0.1, 0.15) is 0 Å². The Bertz CT molecular complexity index is 424. The molecule has 6 heteroatoms. The molecule has 0 saturated carbocycles. The summed E-state index contributed by atoms with van der Waals surface area (Å²) in [4.78, 5) is 19.1. The van der Waals surface area contributed by atoms with Crippen LogP contribution in [0.3, 0.4) is 0 Å². The zero-order valence-corrected chi connectivity index (χ0v) is 11.0. The van der Waals surface area contributed by atoms with E-state index in [1.807, 2.05) is 0 Å². The van der Waals surface area contributed by atoms with Crippen LogP contribution in [0.25, 0.3) is 0 Å². The average molecular weight is 255 g/mol. The zero-order chi connectivity index (χ0) is 13.8. The number of esters is 1. The molecule has 0 radical (unpaired) electrons. The molecule has 1 atom stereocenters. The maximum atomic E-state index is 13.3. The molecule has 0 aliphatic heterocycles. The number of nitrogens with one attached hydrogen (secondary N) is 1. The van der Waals surface area contributed by atoms with E-state index < -0.39 is 11.4 Å². The third-order valence-corrected chi connectivity index (χ3v) is 2.89. The Morgan fingerprint density at radius 3 is 2.67 bits per heavy atom. The maximum Gasteiger partial charge on any atom is 0.313 e. The van der Waals surface area contributed by atoms with Gasteiger partial charge in [-0.1, -0.05) is 0 Å². The highest BCUT2D eigenvalue weighted by Crippen LogP contribution is 2.25. The van der Waals surface area contributed by atoms with Crippen molar-refractivity contribution in [1.29, 1.82) is 0 Å². The summed E-state index contributed by atoms with van der Waals surface area (Å²) in [5.41, 5.74) is -0.792. The van der Waals surface area contributed by atoms with Gasteiger partial charge in [0.2, 0.25) is 0 Å². The molecule has 0 aliphatic carbocycles. The van der Waals surface area contributed by atoms with Crippen LogP contribution in [0.5, 0.6) is 0 Å². The van der Waals surface area contributed by atoms with Gasteiger partial charge in [-0.15, -0.1) is 0 Å². The first-order valence-corrected chi connectivity index (χ1v) is 5.79. The summed E-state index contributed by atoms with van der Waals surface area (Å²) >= 11 is 0. The van der Waals surface area contributed by atoms with Crippen molar-refractivity contribution in [2.75, 3.05) is 11.9 Å². The van der Waals surface area contributed by atoms with Gasteiger partial charge in [-0.2, -0.15) is 4.39 Å². The van der Waals surface area contributed by atoms with Crippen LogP contribution in [0.4, 0.5) is 10.2 Å². The van der Waals surface area contributed by atoms with Crippen molar-refractivity contribution in [3.8, 4) is 0 Å². The van der Waals surface area contributed by atoms with E-state index in [4.69, 9.17) is 4.74 Å². The number of halogens is 1. The first kappa shape index (κ1) is 14.3. The normalized spacial score (nSPS) is 12.9. The van der Waals surface area contributed by atoms with Crippen LogP contribution in [-0.4, -0.2) is 28.6 Å². The van der Waals surface area contributed by atoms with Gasteiger partial charge < -0.3 is 10.1 Å². The van der Waals surface area contributed by atoms with Crippen molar-refractivity contribution < 1.29 is 13.9 Å². The number of carbonyl (C=O) groups excluding carboxylic acids is 1. The van der Waals surface area contributed by atoms with Gasteiger partial charge in [-0.3, -0.25) is 4.79 Å². The standard InChI is InChI=1S/C12H18FN3O2/c1-5-18-11(17)12(3,4)8(2)16-10-9(13)14-6-7-15-10/h6-8H,5H2,1-4H3,(H,15,16). The lowest BCUT2D eigenvalue weighted by atomic mass is 9.85. The number of carbonyl (C=O) groups is 1. The van der Waals surface area contributed by atoms with Crippen molar-refractivity contribution in [3.63, 3.8) is 0 Å². The minimum Gasteiger partial charge on any atom is -0.466 e. The Morgan fingerprint density at radius 2 is 2.11 bits per heavy atom. The highest BCUT2D eigenvalue weighted by molar-refractivity contribution is 5.77. The first-order valence-electron chi connectivity index (χ1n) is 5.79. The fourth-order valence-corrected chi connectivity index (χ4v) is 1.30. The second kappa shape index (κ2) is 5.75. The Labute approximate surface area is 106 Å². The summed E-state index contributed by atoms with van der Waals surface area (Å²) in [5.74, 6) is -0.999. The summed E-state index contributed by atoms with van der Waals surface area (Å²) in [7, 11) is 0. The van der Waals surface area contributed by atoms with Gasteiger partial charge in [0.15, 0.2) is 5.82 Å². The molecule has 1 aromatic rings. The van der Waals surface area contributed by atoms with Gasteiger partial charge in [0.05, 0.1) is 12.0 Å². The third-order valence-electron chi connectivity index (χ3n) is 2.89. The number of aromatic nitrogens is 2. The second-order valence-corrected chi connectivity index (χ2v) is 4.50. The molecule has 100 valence electrons. The van der Waals surface area contributed by atoms with Gasteiger partial charge in [0, 0.05) is 18.4 Å². The molecular formula is C12H18FN3O2. The molecule has 1 aromatic heterocycles. The van der Waals surface area contributed by atoms with Gasteiger partial charge in [-0.05, 0) is 27.7 Å². The van der Waals surface area contributed by atoms with E-state index in [-0.39, 0.29) is 17.8 Å². The SMILES string of the molecule is CCOC(=O)C(C)(C)C(C)Nc1nccnc1F. The Morgan fingerprint density at radius 1 is 1.50 bits per heavy atom. The number of ether oxygens (including phenoxy) is 1. The van der Waals surface area contributed by atoms with Gasteiger partial charge in [-0.25, -0.2) is 9.97 Å². The van der Waals surface area contributed by atoms with Crippen LogP contribution in [-0.2, 0) is 9.53 Å². The predicted octanol–water partition coefficient (Wildman–Crippen LogP) is 2.01. The van der Waals surface area contributed by atoms with Gasteiger partial charge >= 0.3 is 5.97 Å². The largest absolute Gasteiger partial charge is 0.466 e. The molecule has 5 nitrogen and oxygen atoms in total. The number of hydrogen-bond donors (Lipinski definition) is 1. The monoisotopic (exact) mass is 255 g/mol. The minimum absolute atomic E-state index is 0.0300. The van der Waals surface area contributed by atoms with Crippen molar-refractivity contribution >= 4 is 11.8 Å². The van der Waals surface area contributed by atoms with Gasteiger partial charge in [0.25, 0.3) is 5.95 Å². The predicted molar refractivity (Wildman–Crippen MR) is 65.5 cm³/mol. The molecule has 0 saturated heterocycles. The molecular weight excluding hydrogens is 237 g/mol. The molecule has 0 aromatic carbocycles. The second-order valence-electron chi connectivity index (χ2n) is 4.50. The van der Waals surface area contributed by atoms with Crippen LogP contribution in [0.15, 0.2) is 12.4 Å². The topological polar surface area (TPSA) is 64.1 Å². The lowest BCUT2D eigenvalue weighted by Crippen LogP contribution is -2.41. The fourth-order valence-electron chi connectivity index (χ4n) is 1.30. The van der Waals surface area contributed by atoms with Crippen molar-refractivity contribution in [1.82, 2.24) is 9.97 Å². The van der Waals surface area contributed by atoms with Crippen LogP contribution in [0.1, 0.15) is 27.7 Å². The molecule has 0 bridgehead atoms. The molecule has 0 aliphatic rings. The van der Waals surface area contributed by atoms with Crippen LogP contribution >= 0.6 is 0 Å². The summed E-state index contributed by atoms with van der Waals surface area (Å²) in [6.07, 6.45) is 2.65. The Hall–Kier alpha value is -1.72. The molecule has 1 N–H and O–H groups in total. The van der Waals surface area contributed by atoms with Crippen LogP contribution in [0, 0.1) is 11.4 Å². The number of nitrogens with zero attached hydrogens (tertiary/aromatic N) is 2. The van der Waals surface area contributed by atoms with Crippen molar-refractivity contribution in [2.24, 2.45) is 5.41 Å². The Balaban J connectivity index is 2.79. The van der Waals surface area contributed by atoms with E-state index in [0.29, 0.717) is 6.61 Å². The van der Waals surface area contributed by atoms with E-state index in [0.717, 1.165) is 0 Å². The highest BCUT2D eigenvalue weighted by atomic mass is 19.1. The molecule has 1 heterocycles.